The molecule has 5 heteroatoms. The fourth-order valence-corrected chi connectivity index (χ4v) is 5.40. The van der Waals surface area contributed by atoms with E-state index in [0.717, 1.165) is 10.9 Å². The maximum Gasteiger partial charge on any atom is 0.125 e. The highest BCUT2D eigenvalue weighted by Gasteiger charge is 2.25. The summed E-state index contributed by atoms with van der Waals surface area (Å²) in [6.45, 7) is 0. The van der Waals surface area contributed by atoms with Gasteiger partial charge in [0.2, 0.25) is 0 Å². The van der Waals surface area contributed by atoms with Gasteiger partial charge in [-0.15, -0.1) is 11.8 Å². The third kappa shape index (κ3) is 4.93. The molecule has 2 nitrogen and oxygen atoms in total. The Kier molecular flexibility index (Phi) is 6.94. The molecule has 1 aromatic heterocycles. The van der Waals surface area contributed by atoms with Crippen LogP contribution in [0.5, 0.6) is 0 Å². The van der Waals surface area contributed by atoms with Crippen LogP contribution in [0.2, 0.25) is 5.02 Å². The van der Waals surface area contributed by atoms with Crippen molar-refractivity contribution in [2.45, 2.75) is 49.3 Å². The van der Waals surface area contributed by atoms with Crippen LogP contribution in [0.3, 0.4) is 0 Å². The summed E-state index contributed by atoms with van der Waals surface area (Å²) in [5.41, 5.74) is 1.08. The van der Waals surface area contributed by atoms with Crippen molar-refractivity contribution in [1.29, 1.82) is 0 Å². The lowest BCUT2D eigenvalue weighted by Gasteiger charge is -2.25. The van der Waals surface area contributed by atoms with Crippen LogP contribution in [0.25, 0.3) is 0 Å². The lowest BCUT2D eigenvalue weighted by molar-refractivity contribution is 0.511. The van der Waals surface area contributed by atoms with Crippen LogP contribution >= 0.6 is 35.0 Å². The first-order valence-electron chi connectivity index (χ1n) is 8.72. The normalized spacial score (nSPS) is 18.9. The second-order valence-electron chi connectivity index (χ2n) is 6.55. The van der Waals surface area contributed by atoms with Crippen molar-refractivity contribution in [2.75, 3.05) is 5.75 Å². The van der Waals surface area contributed by atoms with Crippen molar-refractivity contribution < 1.29 is 0 Å². The Hall–Kier alpha value is -0.640. The van der Waals surface area contributed by atoms with Gasteiger partial charge in [0.25, 0.3) is 0 Å². The molecule has 1 aliphatic rings. The van der Waals surface area contributed by atoms with Crippen LogP contribution in [0.15, 0.2) is 43.0 Å². The number of rotatable bonds is 6. The Labute approximate surface area is 159 Å². The Bertz CT molecular complexity index is 592. The third-order valence-corrected chi connectivity index (χ3v) is 7.18. The van der Waals surface area contributed by atoms with E-state index >= 15 is 0 Å². The molecule has 0 N–H and O–H groups in total. The second-order valence-corrected chi connectivity index (χ2v) is 8.60. The fraction of sp³-hybridized carbons (Fsp3) is 0.526. The number of nitrogens with zero attached hydrogens (tertiary/aromatic N) is 2. The first-order chi connectivity index (χ1) is 11.7. The molecule has 24 heavy (non-hydrogen) atoms. The van der Waals surface area contributed by atoms with E-state index in [1.807, 2.05) is 34.7 Å². The zero-order chi connectivity index (χ0) is 16.8. The number of imidazole rings is 1. The molecule has 0 bridgehead atoms. The maximum atomic E-state index is 6.81. The van der Waals surface area contributed by atoms with E-state index in [9.17, 15) is 0 Å². The second kappa shape index (κ2) is 9.17. The van der Waals surface area contributed by atoms with Gasteiger partial charge in [-0.1, -0.05) is 61.0 Å². The summed E-state index contributed by atoms with van der Waals surface area (Å²) in [5, 5.41) is 0.960. The van der Waals surface area contributed by atoms with Crippen LogP contribution in [-0.2, 0) is 0 Å². The number of halogens is 2. The van der Waals surface area contributed by atoms with Gasteiger partial charge in [0.15, 0.2) is 0 Å². The Morgan fingerprint density at radius 3 is 2.46 bits per heavy atom. The minimum Gasteiger partial charge on any atom is -0.319 e. The van der Waals surface area contributed by atoms with Crippen molar-refractivity contribution in [3.63, 3.8) is 0 Å². The Morgan fingerprint density at radius 1 is 1.12 bits per heavy atom. The molecule has 0 aliphatic heterocycles. The van der Waals surface area contributed by atoms with Crippen LogP contribution < -0.4 is 0 Å². The quantitative estimate of drug-likeness (QED) is 0.407. The molecule has 0 radical (unpaired) electrons. The van der Waals surface area contributed by atoms with Crippen LogP contribution in [0.1, 0.15) is 54.8 Å². The predicted molar refractivity (Wildman–Crippen MR) is 105 cm³/mol. The highest BCUT2D eigenvalue weighted by molar-refractivity contribution is 7.99. The van der Waals surface area contributed by atoms with E-state index in [1.165, 1.54) is 49.8 Å². The number of aromatic nitrogens is 2. The van der Waals surface area contributed by atoms with E-state index in [1.54, 1.807) is 12.5 Å². The number of alkyl halides is 1. The first-order valence-corrected chi connectivity index (χ1v) is 10.6. The van der Waals surface area contributed by atoms with E-state index in [2.05, 4.69) is 17.1 Å². The standard InChI is InChI=1S/C19H24Cl2N2S/c20-17-9-7-16(8-10-17)18(19(21)23-12-11-22-14-23)24-13-15-5-3-1-2-4-6-15/h7-12,14-15,18-19H,1-6,13H2. The molecule has 3 rings (SSSR count). The average Bonchev–Trinajstić information content (AvgIpc) is 3.01. The lowest BCUT2D eigenvalue weighted by atomic mass is 10.0. The molecule has 0 saturated heterocycles. The molecule has 130 valence electrons. The zero-order valence-electron chi connectivity index (χ0n) is 13.8. The van der Waals surface area contributed by atoms with Crippen LogP contribution in [-0.4, -0.2) is 15.3 Å². The van der Waals surface area contributed by atoms with Gasteiger partial charge in [-0.25, -0.2) is 4.98 Å². The summed E-state index contributed by atoms with van der Waals surface area (Å²) in [5.74, 6) is 1.99. The number of benzene rings is 1. The summed E-state index contributed by atoms with van der Waals surface area (Å²) in [4.78, 5) is 4.14. The summed E-state index contributed by atoms with van der Waals surface area (Å²) >= 11 is 14.8. The molecule has 1 aliphatic carbocycles. The molecule has 0 spiro atoms. The highest BCUT2D eigenvalue weighted by atomic mass is 35.5. The number of hydrogen-bond donors (Lipinski definition) is 0. The van der Waals surface area contributed by atoms with E-state index in [-0.39, 0.29) is 10.8 Å². The topological polar surface area (TPSA) is 17.8 Å². The van der Waals surface area contributed by atoms with Crippen molar-refractivity contribution >= 4 is 35.0 Å². The van der Waals surface area contributed by atoms with Gasteiger partial charge in [0.1, 0.15) is 5.50 Å². The molecule has 0 amide bonds. The first kappa shape index (κ1) is 18.2. The maximum absolute atomic E-state index is 6.81. The van der Waals surface area contributed by atoms with Gasteiger partial charge in [-0.3, -0.25) is 0 Å². The predicted octanol–water partition coefficient (Wildman–Crippen LogP) is 6.72. The van der Waals surface area contributed by atoms with Crippen molar-refractivity contribution in [1.82, 2.24) is 9.55 Å². The molecule has 2 aromatic rings. The van der Waals surface area contributed by atoms with Crippen molar-refractivity contribution in [2.24, 2.45) is 5.92 Å². The fourth-order valence-electron chi connectivity index (χ4n) is 3.33. The van der Waals surface area contributed by atoms with Crippen LogP contribution in [0.4, 0.5) is 0 Å². The molecule has 1 fully saturated rings. The van der Waals surface area contributed by atoms with E-state index in [0.29, 0.717) is 0 Å². The lowest BCUT2D eigenvalue weighted by Crippen LogP contribution is -2.12. The minimum atomic E-state index is -0.149. The molecule has 2 unspecified atom stereocenters. The molecular weight excluding hydrogens is 359 g/mol. The van der Waals surface area contributed by atoms with Gasteiger partial charge in [-0.05, 0) is 42.2 Å². The number of thioether (sulfide) groups is 1. The van der Waals surface area contributed by atoms with Crippen LogP contribution in [0, 0.1) is 5.92 Å². The van der Waals surface area contributed by atoms with Gasteiger partial charge in [0.05, 0.1) is 11.6 Å². The van der Waals surface area contributed by atoms with Gasteiger partial charge >= 0.3 is 0 Å². The Morgan fingerprint density at radius 2 is 1.83 bits per heavy atom. The SMILES string of the molecule is Clc1ccc(C(SCC2CCCCCC2)C(Cl)n2ccnc2)cc1. The Balaban J connectivity index is 1.72. The monoisotopic (exact) mass is 382 g/mol. The number of hydrogen-bond acceptors (Lipinski definition) is 2. The summed E-state index contributed by atoms with van der Waals surface area (Å²) in [7, 11) is 0. The van der Waals surface area contributed by atoms with Crippen molar-refractivity contribution in [3.05, 3.63) is 53.6 Å². The van der Waals surface area contributed by atoms with E-state index in [4.69, 9.17) is 23.2 Å². The van der Waals surface area contributed by atoms with Gasteiger partial charge in [-0.2, -0.15) is 0 Å². The average molecular weight is 383 g/mol. The smallest absolute Gasteiger partial charge is 0.125 e. The summed E-state index contributed by atoms with van der Waals surface area (Å²) < 4.78 is 1.99. The van der Waals surface area contributed by atoms with Gasteiger partial charge in [0, 0.05) is 17.4 Å². The third-order valence-electron chi connectivity index (χ3n) is 4.74. The molecule has 1 aromatic carbocycles. The molecular formula is C19H24Cl2N2S. The highest BCUT2D eigenvalue weighted by Crippen LogP contribution is 2.43. The zero-order valence-corrected chi connectivity index (χ0v) is 16.1. The van der Waals surface area contributed by atoms with E-state index < -0.39 is 0 Å². The summed E-state index contributed by atoms with van der Waals surface area (Å²) in [6, 6.07) is 8.10. The minimum absolute atomic E-state index is 0.149. The molecule has 1 saturated carbocycles. The van der Waals surface area contributed by atoms with Gasteiger partial charge < -0.3 is 4.57 Å². The summed E-state index contributed by atoms with van der Waals surface area (Å²) in [6.07, 6.45) is 13.8. The van der Waals surface area contributed by atoms with Crippen molar-refractivity contribution in [3.8, 4) is 0 Å². The largest absolute Gasteiger partial charge is 0.319 e. The molecule has 1 heterocycles. The molecule has 2 atom stereocenters.